The smallest absolute Gasteiger partial charge is 0.140 e. The molecule has 1 aliphatic rings. The number of halogens is 1. The van der Waals surface area contributed by atoms with Crippen LogP contribution < -0.4 is 0 Å². The number of likely N-dealkylation sites (tertiary alicyclic amines) is 1. The maximum absolute atomic E-state index is 13.2. The van der Waals surface area contributed by atoms with Crippen LogP contribution in [0, 0.1) is 23.1 Å². The molecule has 1 aliphatic heterocycles. The summed E-state index contributed by atoms with van der Waals surface area (Å²) < 4.78 is 13.2. The second-order valence-corrected chi connectivity index (χ2v) is 5.28. The SMILES string of the molecule is CC(O)C1CCN(Cc2ccc(F)c(C#N)c2)CC1. The molecule has 1 saturated heterocycles. The minimum atomic E-state index is -0.459. The monoisotopic (exact) mass is 262 g/mol. The Morgan fingerprint density at radius 1 is 1.47 bits per heavy atom. The lowest BCUT2D eigenvalue weighted by atomic mass is 9.92. The van der Waals surface area contributed by atoms with Gasteiger partial charge >= 0.3 is 0 Å². The number of rotatable bonds is 3. The lowest BCUT2D eigenvalue weighted by molar-refractivity contribution is 0.0695. The van der Waals surface area contributed by atoms with Crippen molar-refractivity contribution in [1.29, 1.82) is 5.26 Å². The Kier molecular flexibility index (Phi) is 4.52. The molecule has 0 aliphatic carbocycles. The molecule has 1 atom stereocenters. The zero-order chi connectivity index (χ0) is 13.8. The molecule has 0 bridgehead atoms. The van der Waals surface area contributed by atoms with Gasteiger partial charge in [-0.15, -0.1) is 0 Å². The maximum atomic E-state index is 13.2. The molecule has 2 rings (SSSR count). The molecule has 1 unspecified atom stereocenters. The van der Waals surface area contributed by atoms with Crippen molar-refractivity contribution in [2.75, 3.05) is 13.1 Å². The molecule has 0 radical (unpaired) electrons. The average Bonchev–Trinajstić information content (AvgIpc) is 2.41. The molecular formula is C15H19FN2O. The molecular weight excluding hydrogens is 243 g/mol. The van der Waals surface area contributed by atoms with Gasteiger partial charge in [0.15, 0.2) is 0 Å². The van der Waals surface area contributed by atoms with Gasteiger partial charge < -0.3 is 5.11 Å². The van der Waals surface area contributed by atoms with Crippen LogP contribution in [0.5, 0.6) is 0 Å². The van der Waals surface area contributed by atoms with Gasteiger partial charge in [-0.3, -0.25) is 4.90 Å². The lowest BCUT2D eigenvalue weighted by Gasteiger charge is -2.33. The quantitative estimate of drug-likeness (QED) is 0.909. The third-order valence-corrected chi connectivity index (χ3v) is 3.87. The molecule has 3 nitrogen and oxygen atoms in total. The van der Waals surface area contributed by atoms with Gasteiger partial charge in [-0.1, -0.05) is 6.07 Å². The standard InChI is InChI=1S/C15H19FN2O/c1-11(19)13-4-6-18(7-5-13)10-12-2-3-15(16)14(8-12)9-17/h2-3,8,11,13,19H,4-7,10H2,1H3. The van der Waals surface area contributed by atoms with E-state index in [4.69, 9.17) is 5.26 Å². The minimum absolute atomic E-state index is 0.108. The maximum Gasteiger partial charge on any atom is 0.140 e. The molecule has 4 heteroatoms. The molecule has 19 heavy (non-hydrogen) atoms. The van der Waals surface area contributed by atoms with E-state index in [9.17, 15) is 9.50 Å². The second kappa shape index (κ2) is 6.14. The predicted octanol–water partition coefficient (Wildman–Crippen LogP) is 2.29. The first kappa shape index (κ1) is 14.0. The van der Waals surface area contributed by atoms with E-state index in [1.807, 2.05) is 13.0 Å². The molecule has 1 fully saturated rings. The van der Waals surface area contributed by atoms with Crippen molar-refractivity contribution >= 4 is 0 Å². The van der Waals surface area contributed by atoms with Crippen molar-refractivity contribution in [1.82, 2.24) is 4.90 Å². The predicted molar refractivity (Wildman–Crippen MR) is 70.8 cm³/mol. The van der Waals surface area contributed by atoms with Gasteiger partial charge in [-0.2, -0.15) is 5.26 Å². The van der Waals surface area contributed by atoms with Crippen molar-refractivity contribution in [3.63, 3.8) is 0 Å². The van der Waals surface area contributed by atoms with Gasteiger partial charge in [0, 0.05) is 6.54 Å². The molecule has 1 heterocycles. The number of nitriles is 1. The van der Waals surface area contributed by atoms with Crippen LogP contribution in [-0.4, -0.2) is 29.2 Å². The lowest BCUT2D eigenvalue weighted by Crippen LogP contribution is -2.36. The summed E-state index contributed by atoms with van der Waals surface area (Å²) in [7, 11) is 0. The van der Waals surface area contributed by atoms with Gasteiger partial charge in [0.2, 0.25) is 0 Å². The van der Waals surface area contributed by atoms with E-state index in [0.717, 1.165) is 38.0 Å². The van der Waals surface area contributed by atoms with Crippen LogP contribution in [0.25, 0.3) is 0 Å². The van der Waals surface area contributed by atoms with E-state index in [-0.39, 0.29) is 11.7 Å². The highest BCUT2D eigenvalue weighted by molar-refractivity contribution is 5.34. The first-order chi connectivity index (χ1) is 9.10. The molecule has 0 amide bonds. The fourth-order valence-corrected chi connectivity index (χ4v) is 2.61. The largest absolute Gasteiger partial charge is 0.393 e. The van der Waals surface area contributed by atoms with Crippen molar-refractivity contribution in [3.8, 4) is 6.07 Å². The number of nitrogens with zero attached hydrogens (tertiary/aromatic N) is 2. The third kappa shape index (κ3) is 3.52. The summed E-state index contributed by atoms with van der Waals surface area (Å²) in [6.45, 7) is 4.46. The summed E-state index contributed by atoms with van der Waals surface area (Å²) in [5.74, 6) is -0.0711. The highest BCUT2D eigenvalue weighted by Crippen LogP contribution is 2.22. The Balaban J connectivity index is 1.94. The van der Waals surface area contributed by atoms with E-state index in [2.05, 4.69) is 4.90 Å². The van der Waals surface area contributed by atoms with Crippen molar-refractivity contribution < 1.29 is 9.50 Å². The molecule has 0 spiro atoms. The number of hydrogen-bond donors (Lipinski definition) is 1. The van der Waals surface area contributed by atoms with E-state index in [1.165, 1.54) is 6.07 Å². The third-order valence-electron chi connectivity index (χ3n) is 3.87. The Bertz CT molecular complexity index is 474. The van der Waals surface area contributed by atoms with Gasteiger partial charge in [0.25, 0.3) is 0 Å². The fourth-order valence-electron chi connectivity index (χ4n) is 2.61. The molecule has 1 N–H and O–H groups in total. The Morgan fingerprint density at radius 2 is 2.16 bits per heavy atom. The van der Waals surface area contributed by atoms with E-state index >= 15 is 0 Å². The number of piperidine rings is 1. The average molecular weight is 262 g/mol. The van der Waals surface area contributed by atoms with E-state index in [0.29, 0.717) is 5.92 Å². The highest BCUT2D eigenvalue weighted by atomic mass is 19.1. The van der Waals surface area contributed by atoms with E-state index in [1.54, 1.807) is 12.1 Å². The summed E-state index contributed by atoms with van der Waals surface area (Å²) in [4.78, 5) is 2.28. The Morgan fingerprint density at radius 3 is 2.74 bits per heavy atom. The number of aliphatic hydroxyl groups excluding tert-OH is 1. The van der Waals surface area contributed by atoms with Crippen LogP contribution >= 0.6 is 0 Å². The van der Waals surface area contributed by atoms with Crippen LogP contribution in [0.2, 0.25) is 0 Å². The summed E-state index contributed by atoms with van der Waals surface area (Å²) >= 11 is 0. The Hall–Kier alpha value is -1.44. The summed E-state index contributed by atoms with van der Waals surface area (Å²) in [6, 6.07) is 6.58. The van der Waals surface area contributed by atoms with Gasteiger partial charge in [0.1, 0.15) is 11.9 Å². The van der Waals surface area contributed by atoms with E-state index < -0.39 is 5.82 Å². The zero-order valence-electron chi connectivity index (χ0n) is 11.1. The van der Waals surface area contributed by atoms with Gasteiger partial charge in [-0.25, -0.2) is 4.39 Å². The molecule has 0 saturated carbocycles. The van der Waals surface area contributed by atoms with Crippen LogP contribution in [0.15, 0.2) is 18.2 Å². The number of benzene rings is 1. The van der Waals surface area contributed by atoms with Crippen molar-refractivity contribution in [3.05, 3.63) is 35.1 Å². The summed E-state index contributed by atoms with van der Waals surface area (Å²) in [5.41, 5.74) is 1.07. The summed E-state index contributed by atoms with van der Waals surface area (Å²) in [5, 5.41) is 18.4. The highest BCUT2D eigenvalue weighted by Gasteiger charge is 2.22. The normalized spacial score (nSPS) is 19.1. The van der Waals surface area contributed by atoms with Crippen LogP contribution in [0.3, 0.4) is 0 Å². The van der Waals surface area contributed by atoms with Crippen LogP contribution in [0.1, 0.15) is 30.9 Å². The van der Waals surface area contributed by atoms with Crippen LogP contribution in [0.4, 0.5) is 4.39 Å². The first-order valence-electron chi connectivity index (χ1n) is 6.69. The topological polar surface area (TPSA) is 47.3 Å². The molecule has 102 valence electrons. The van der Waals surface area contributed by atoms with Gasteiger partial charge in [0.05, 0.1) is 11.7 Å². The second-order valence-electron chi connectivity index (χ2n) is 5.28. The summed E-state index contributed by atoms with van der Waals surface area (Å²) in [6.07, 6.45) is 1.74. The number of hydrogen-bond acceptors (Lipinski definition) is 3. The molecule has 1 aromatic rings. The fraction of sp³-hybridized carbons (Fsp3) is 0.533. The zero-order valence-corrected chi connectivity index (χ0v) is 11.1. The van der Waals surface area contributed by atoms with Crippen LogP contribution in [-0.2, 0) is 6.54 Å². The van der Waals surface area contributed by atoms with Crippen molar-refractivity contribution in [2.24, 2.45) is 5.92 Å². The molecule has 0 aromatic heterocycles. The molecule has 1 aromatic carbocycles. The Labute approximate surface area is 113 Å². The van der Waals surface area contributed by atoms with Gasteiger partial charge in [-0.05, 0) is 56.5 Å². The van der Waals surface area contributed by atoms with Crippen molar-refractivity contribution in [2.45, 2.75) is 32.4 Å². The first-order valence-corrected chi connectivity index (χ1v) is 6.69. The minimum Gasteiger partial charge on any atom is -0.393 e. The number of aliphatic hydroxyl groups is 1.